The molecule has 0 aliphatic heterocycles. The molecule has 0 bridgehead atoms. The topological polar surface area (TPSA) is 33.1 Å². The van der Waals surface area contributed by atoms with Gasteiger partial charge in [-0.1, -0.05) is 30.3 Å². The van der Waals surface area contributed by atoms with Gasteiger partial charge in [0.1, 0.15) is 0 Å². The van der Waals surface area contributed by atoms with Gasteiger partial charge in [-0.15, -0.1) is 0 Å². The summed E-state index contributed by atoms with van der Waals surface area (Å²) in [6, 6.07) is 12.2. The van der Waals surface area contributed by atoms with Crippen molar-refractivity contribution in [3.8, 4) is 0 Å². The molecule has 17 heavy (non-hydrogen) atoms. The summed E-state index contributed by atoms with van der Waals surface area (Å²) in [7, 11) is -2.25. The molecule has 1 aromatic carbocycles. The van der Waals surface area contributed by atoms with Gasteiger partial charge in [-0.05, 0) is 41.9 Å². The second-order valence-corrected chi connectivity index (χ2v) is 8.41. The smallest absolute Gasteiger partial charge is 0.214 e. The van der Waals surface area contributed by atoms with Crippen LogP contribution in [0.1, 0.15) is 11.1 Å². The van der Waals surface area contributed by atoms with Crippen LogP contribution in [0.4, 0.5) is 0 Å². The van der Waals surface area contributed by atoms with Crippen molar-refractivity contribution >= 4 is 13.5 Å². The summed E-state index contributed by atoms with van der Waals surface area (Å²) in [5.41, 5.74) is 2.39. The zero-order valence-corrected chi connectivity index (χ0v) is 11.2. The summed E-state index contributed by atoms with van der Waals surface area (Å²) < 4.78 is 0. The van der Waals surface area contributed by atoms with Gasteiger partial charge in [-0.2, -0.15) is 0 Å². The standard InChI is InChI=1S/C14H17NOSi/c1-17(2,16)14-8-4-3-7-13(14)10-12-6-5-9-15-11-12/h3-9,11,16H,10H2,1-2H3. The zero-order chi connectivity index (χ0) is 12.3. The Bertz CT molecular complexity index is 491. The van der Waals surface area contributed by atoms with E-state index in [0.29, 0.717) is 0 Å². The van der Waals surface area contributed by atoms with E-state index in [2.05, 4.69) is 17.1 Å². The molecule has 0 aliphatic rings. The number of rotatable bonds is 3. The zero-order valence-electron chi connectivity index (χ0n) is 10.2. The van der Waals surface area contributed by atoms with Crippen LogP contribution in [0.15, 0.2) is 48.8 Å². The Hall–Kier alpha value is -1.45. The maximum Gasteiger partial charge on any atom is 0.214 e. The van der Waals surface area contributed by atoms with Crippen molar-refractivity contribution in [1.82, 2.24) is 4.98 Å². The Balaban J connectivity index is 2.34. The van der Waals surface area contributed by atoms with Gasteiger partial charge in [0.05, 0.1) is 0 Å². The Morgan fingerprint density at radius 1 is 1.12 bits per heavy atom. The van der Waals surface area contributed by atoms with Gasteiger partial charge >= 0.3 is 0 Å². The van der Waals surface area contributed by atoms with Gasteiger partial charge in [0.15, 0.2) is 0 Å². The minimum absolute atomic E-state index is 0.834. The average Bonchev–Trinajstić information content (AvgIpc) is 2.30. The number of benzene rings is 1. The third-order valence-corrected chi connectivity index (χ3v) is 4.60. The van der Waals surface area contributed by atoms with Gasteiger partial charge in [-0.3, -0.25) is 4.98 Å². The lowest BCUT2D eigenvalue weighted by Gasteiger charge is -2.19. The summed E-state index contributed by atoms with van der Waals surface area (Å²) in [6.07, 6.45) is 4.49. The van der Waals surface area contributed by atoms with Crippen molar-refractivity contribution in [3.05, 3.63) is 59.9 Å². The molecule has 2 rings (SSSR count). The number of pyridine rings is 1. The molecule has 1 heterocycles. The number of nitrogens with zero attached hydrogens (tertiary/aromatic N) is 1. The van der Waals surface area contributed by atoms with Crippen molar-refractivity contribution in [2.24, 2.45) is 0 Å². The lowest BCUT2D eigenvalue weighted by molar-refractivity contribution is 0.568. The molecular weight excluding hydrogens is 226 g/mol. The van der Waals surface area contributed by atoms with E-state index < -0.39 is 8.32 Å². The highest BCUT2D eigenvalue weighted by Crippen LogP contribution is 2.10. The first-order valence-electron chi connectivity index (χ1n) is 5.77. The van der Waals surface area contributed by atoms with Crippen LogP contribution < -0.4 is 5.19 Å². The van der Waals surface area contributed by atoms with E-state index in [1.165, 1.54) is 11.1 Å². The Labute approximate surface area is 103 Å². The van der Waals surface area contributed by atoms with Crippen LogP contribution in [0.3, 0.4) is 0 Å². The largest absolute Gasteiger partial charge is 0.428 e. The van der Waals surface area contributed by atoms with Crippen LogP contribution in [0, 0.1) is 0 Å². The van der Waals surface area contributed by atoms with Crippen molar-refractivity contribution in [1.29, 1.82) is 0 Å². The second kappa shape index (κ2) is 4.81. The SMILES string of the molecule is C[Si](C)(O)c1ccccc1Cc1cccnc1. The predicted molar refractivity (Wildman–Crippen MR) is 72.8 cm³/mol. The van der Waals surface area contributed by atoms with Gasteiger partial charge in [0, 0.05) is 12.4 Å². The minimum Gasteiger partial charge on any atom is -0.428 e. The monoisotopic (exact) mass is 243 g/mol. The quantitative estimate of drug-likeness (QED) is 0.837. The van der Waals surface area contributed by atoms with E-state index in [0.717, 1.165) is 11.6 Å². The molecule has 88 valence electrons. The highest BCUT2D eigenvalue weighted by Gasteiger charge is 2.22. The Kier molecular flexibility index (Phi) is 3.40. The third-order valence-electron chi connectivity index (χ3n) is 2.79. The lowest BCUT2D eigenvalue weighted by atomic mass is 10.1. The molecule has 2 nitrogen and oxygen atoms in total. The van der Waals surface area contributed by atoms with E-state index in [1.54, 1.807) is 6.20 Å². The molecule has 3 heteroatoms. The average molecular weight is 243 g/mol. The Morgan fingerprint density at radius 2 is 1.88 bits per heavy atom. The minimum atomic E-state index is -2.25. The summed E-state index contributed by atoms with van der Waals surface area (Å²) >= 11 is 0. The van der Waals surface area contributed by atoms with Crippen LogP contribution in [0.5, 0.6) is 0 Å². The van der Waals surface area contributed by atoms with Crippen LogP contribution in [0.2, 0.25) is 13.1 Å². The molecule has 0 atom stereocenters. The number of aromatic nitrogens is 1. The maximum absolute atomic E-state index is 10.3. The molecule has 0 saturated heterocycles. The maximum atomic E-state index is 10.3. The van der Waals surface area contributed by atoms with Gasteiger partial charge < -0.3 is 4.80 Å². The molecule has 0 saturated carbocycles. The van der Waals surface area contributed by atoms with Gasteiger partial charge in [0.2, 0.25) is 8.32 Å². The van der Waals surface area contributed by atoms with Crippen molar-refractivity contribution < 1.29 is 4.80 Å². The van der Waals surface area contributed by atoms with E-state index in [-0.39, 0.29) is 0 Å². The van der Waals surface area contributed by atoms with Crippen LogP contribution in [-0.4, -0.2) is 18.1 Å². The molecule has 2 aromatic rings. The van der Waals surface area contributed by atoms with E-state index >= 15 is 0 Å². The molecule has 0 aliphatic carbocycles. The van der Waals surface area contributed by atoms with Crippen molar-refractivity contribution in [2.45, 2.75) is 19.5 Å². The second-order valence-electron chi connectivity index (χ2n) is 4.75. The van der Waals surface area contributed by atoms with E-state index in [1.807, 2.05) is 43.6 Å². The van der Waals surface area contributed by atoms with Gasteiger partial charge in [0.25, 0.3) is 0 Å². The first-order chi connectivity index (χ1) is 8.07. The molecule has 0 fully saturated rings. The summed E-state index contributed by atoms with van der Waals surface area (Å²) in [5.74, 6) is 0. The van der Waals surface area contributed by atoms with E-state index in [9.17, 15) is 4.80 Å². The third kappa shape index (κ3) is 3.02. The lowest BCUT2D eigenvalue weighted by Crippen LogP contribution is -2.43. The summed E-state index contributed by atoms with van der Waals surface area (Å²) in [5, 5.41) is 1.11. The van der Waals surface area contributed by atoms with Crippen molar-refractivity contribution in [2.75, 3.05) is 0 Å². The van der Waals surface area contributed by atoms with Crippen molar-refractivity contribution in [3.63, 3.8) is 0 Å². The highest BCUT2D eigenvalue weighted by molar-refractivity contribution is 6.83. The fourth-order valence-corrected chi connectivity index (χ4v) is 3.46. The fourth-order valence-electron chi connectivity index (χ4n) is 1.99. The molecule has 0 radical (unpaired) electrons. The molecule has 1 aromatic heterocycles. The molecular formula is C14H17NOSi. The molecule has 0 unspecified atom stereocenters. The first-order valence-corrected chi connectivity index (χ1v) is 8.72. The van der Waals surface area contributed by atoms with E-state index in [4.69, 9.17) is 0 Å². The number of hydrogen-bond donors (Lipinski definition) is 1. The van der Waals surface area contributed by atoms with Gasteiger partial charge in [-0.25, -0.2) is 0 Å². The van der Waals surface area contributed by atoms with Crippen LogP contribution in [0.25, 0.3) is 0 Å². The van der Waals surface area contributed by atoms with Crippen LogP contribution in [-0.2, 0) is 6.42 Å². The molecule has 1 N–H and O–H groups in total. The number of hydrogen-bond acceptors (Lipinski definition) is 2. The summed E-state index contributed by atoms with van der Waals surface area (Å²) in [6.45, 7) is 3.91. The fraction of sp³-hybridized carbons (Fsp3) is 0.214. The highest BCUT2D eigenvalue weighted by atomic mass is 28.4. The normalized spacial score (nSPS) is 11.5. The molecule has 0 amide bonds. The summed E-state index contributed by atoms with van der Waals surface area (Å²) in [4.78, 5) is 14.4. The Morgan fingerprint density at radius 3 is 2.53 bits per heavy atom. The first kappa shape index (κ1) is 12.0. The molecule has 0 spiro atoms. The van der Waals surface area contributed by atoms with Crippen LogP contribution >= 0.6 is 0 Å². The predicted octanol–water partition coefficient (Wildman–Crippen LogP) is 2.08.